The minimum Gasteiger partial charge on any atom is -0.486 e. The maximum absolute atomic E-state index is 13.8. The highest BCUT2D eigenvalue weighted by atomic mass is 35.5. The molecule has 0 bridgehead atoms. The summed E-state index contributed by atoms with van der Waals surface area (Å²) in [6, 6.07) is 9.02. The van der Waals surface area contributed by atoms with E-state index in [0.717, 1.165) is 17.5 Å². The van der Waals surface area contributed by atoms with Crippen LogP contribution in [0.5, 0.6) is 11.5 Å². The Kier molecular flexibility index (Phi) is 4.94. The Labute approximate surface area is 187 Å². The van der Waals surface area contributed by atoms with Crippen LogP contribution in [0.2, 0.25) is 5.02 Å². The number of carbonyl (C=O) groups excluding carboxylic acids is 1. The molecule has 1 N–H and O–H groups in total. The zero-order valence-corrected chi connectivity index (χ0v) is 17.5. The molecule has 0 unspecified atom stereocenters. The molecule has 0 saturated heterocycles. The van der Waals surface area contributed by atoms with Crippen LogP contribution in [0.4, 0.5) is 18.3 Å². The van der Waals surface area contributed by atoms with Crippen molar-refractivity contribution in [1.82, 2.24) is 14.8 Å². The number of thiazole rings is 1. The number of aromatic nitrogens is 3. The van der Waals surface area contributed by atoms with Crippen molar-refractivity contribution in [3.8, 4) is 17.2 Å². The third-order valence-electron chi connectivity index (χ3n) is 4.63. The van der Waals surface area contributed by atoms with Gasteiger partial charge < -0.3 is 9.47 Å². The second-order valence-corrected chi connectivity index (χ2v) is 8.20. The fourth-order valence-electron chi connectivity index (χ4n) is 3.25. The highest BCUT2D eigenvalue weighted by Crippen LogP contribution is 2.38. The highest BCUT2D eigenvalue weighted by molar-refractivity contribution is 7.22. The first-order chi connectivity index (χ1) is 15.3. The zero-order chi connectivity index (χ0) is 22.5. The third-order valence-corrected chi connectivity index (χ3v) is 5.81. The minimum atomic E-state index is -4.83. The molecule has 12 heteroatoms. The smallest absolute Gasteiger partial charge is 0.434 e. The van der Waals surface area contributed by atoms with Gasteiger partial charge in [0, 0.05) is 17.2 Å². The zero-order valence-electron chi connectivity index (χ0n) is 15.9. The molecule has 0 aliphatic carbocycles. The van der Waals surface area contributed by atoms with Gasteiger partial charge in [0.25, 0.3) is 5.91 Å². The number of nitrogens with zero attached hydrogens (tertiary/aromatic N) is 3. The molecule has 4 aromatic rings. The van der Waals surface area contributed by atoms with Gasteiger partial charge >= 0.3 is 6.18 Å². The van der Waals surface area contributed by atoms with E-state index in [2.05, 4.69) is 15.4 Å². The van der Waals surface area contributed by atoms with Crippen LogP contribution < -0.4 is 14.8 Å². The first kappa shape index (κ1) is 20.6. The predicted molar refractivity (Wildman–Crippen MR) is 112 cm³/mol. The van der Waals surface area contributed by atoms with Gasteiger partial charge in [0.15, 0.2) is 22.3 Å². The maximum Gasteiger partial charge on any atom is 0.434 e. The Morgan fingerprint density at radius 2 is 1.81 bits per heavy atom. The van der Waals surface area contributed by atoms with Gasteiger partial charge in [-0.1, -0.05) is 22.9 Å². The van der Waals surface area contributed by atoms with E-state index in [9.17, 15) is 18.0 Å². The standard InChI is InChI=1S/C20H12ClF3N4O3S/c21-10-1-3-11(4-2-10)28-17(20(22,23)24)12(9-25-28)18(29)27-19-26-13-7-14-15(8-16(13)32-19)31-6-5-30-14/h1-4,7-9H,5-6H2,(H,26,27,29). The molecule has 2 aromatic heterocycles. The number of anilines is 1. The molecule has 1 aliphatic heterocycles. The molecule has 164 valence electrons. The quantitative estimate of drug-likeness (QED) is 0.437. The van der Waals surface area contributed by atoms with E-state index in [1.54, 1.807) is 12.1 Å². The lowest BCUT2D eigenvalue weighted by Gasteiger charge is -2.17. The molecule has 3 heterocycles. The number of fused-ring (bicyclic) bond motifs is 2. The van der Waals surface area contributed by atoms with Crippen LogP contribution in [0, 0.1) is 0 Å². The second kappa shape index (κ2) is 7.68. The van der Waals surface area contributed by atoms with Crippen LogP contribution in [0.1, 0.15) is 16.1 Å². The van der Waals surface area contributed by atoms with Crippen molar-refractivity contribution in [2.75, 3.05) is 18.5 Å². The van der Waals surface area contributed by atoms with Crippen LogP contribution in [-0.4, -0.2) is 33.9 Å². The Morgan fingerprint density at radius 1 is 1.12 bits per heavy atom. The largest absolute Gasteiger partial charge is 0.486 e. The average molecular weight is 481 g/mol. The Morgan fingerprint density at radius 3 is 2.50 bits per heavy atom. The van der Waals surface area contributed by atoms with Gasteiger partial charge in [-0.25, -0.2) is 9.67 Å². The van der Waals surface area contributed by atoms with Gasteiger partial charge in [0.05, 0.1) is 27.7 Å². The van der Waals surface area contributed by atoms with E-state index < -0.39 is 23.3 Å². The molecule has 0 fully saturated rings. The van der Waals surface area contributed by atoms with Crippen molar-refractivity contribution in [2.24, 2.45) is 0 Å². The molecule has 0 spiro atoms. The van der Waals surface area contributed by atoms with Gasteiger partial charge in [0.1, 0.15) is 13.2 Å². The molecular weight excluding hydrogens is 469 g/mol. The summed E-state index contributed by atoms with van der Waals surface area (Å²) < 4.78 is 53.9. The molecular formula is C20H12ClF3N4O3S. The number of amides is 1. The summed E-state index contributed by atoms with van der Waals surface area (Å²) in [7, 11) is 0. The van der Waals surface area contributed by atoms with Gasteiger partial charge in [-0.2, -0.15) is 18.3 Å². The molecule has 0 saturated carbocycles. The number of rotatable bonds is 3. The summed E-state index contributed by atoms with van der Waals surface area (Å²) in [4.78, 5) is 17.0. The molecule has 0 radical (unpaired) electrons. The molecule has 2 aromatic carbocycles. The average Bonchev–Trinajstić information content (AvgIpc) is 3.36. The van der Waals surface area contributed by atoms with E-state index in [1.165, 1.54) is 24.3 Å². The normalized spacial score (nSPS) is 13.4. The molecule has 0 atom stereocenters. The summed E-state index contributed by atoms with van der Waals surface area (Å²) >= 11 is 6.92. The minimum absolute atomic E-state index is 0.117. The lowest BCUT2D eigenvalue weighted by atomic mass is 10.2. The summed E-state index contributed by atoms with van der Waals surface area (Å²) in [5, 5.41) is 6.72. The summed E-state index contributed by atoms with van der Waals surface area (Å²) in [6.07, 6.45) is -3.95. The molecule has 5 rings (SSSR count). The number of halogens is 4. The topological polar surface area (TPSA) is 78.3 Å². The van der Waals surface area contributed by atoms with Crippen molar-refractivity contribution in [3.05, 3.63) is 58.9 Å². The SMILES string of the molecule is O=C(Nc1nc2cc3c(cc2s1)OCCO3)c1cnn(-c2ccc(Cl)cc2)c1C(F)(F)F. The Hall–Kier alpha value is -3.31. The molecule has 7 nitrogen and oxygen atoms in total. The number of ether oxygens (including phenoxy) is 2. The third kappa shape index (κ3) is 3.73. The van der Waals surface area contributed by atoms with Crippen molar-refractivity contribution in [1.29, 1.82) is 0 Å². The second-order valence-electron chi connectivity index (χ2n) is 6.73. The van der Waals surface area contributed by atoms with Crippen molar-refractivity contribution >= 4 is 44.2 Å². The van der Waals surface area contributed by atoms with Crippen molar-refractivity contribution < 1.29 is 27.4 Å². The maximum atomic E-state index is 13.8. The van der Waals surface area contributed by atoms with E-state index in [4.69, 9.17) is 21.1 Å². The van der Waals surface area contributed by atoms with Crippen LogP contribution in [-0.2, 0) is 6.18 Å². The monoisotopic (exact) mass is 480 g/mol. The fraction of sp³-hybridized carbons (Fsp3) is 0.150. The first-order valence-electron chi connectivity index (χ1n) is 9.22. The van der Waals surface area contributed by atoms with E-state index in [0.29, 0.717) is 44.6 Å². The molecule has 1 aliphatic rings. The van der Waals surface area contributed by atoms with Crippen molar-refractivity contribution in [3.63, 3.8) is 0 Å². The summed E-state index contributed by atoms with van der Waals surface area (Å²) in [6.45, 7) is 0.822. The lowest BCUT2D eigenvalue weighted by molar-refractivity contribution is -0.143. The van der Waals surface area contributed by atoms with Crippen LogP contribution >= 0.6 is 22.9 Å². The molecule has 32 heavy (non-hydrogen) atoms. The number of nitrogens with one attached hydrogen (secondary N) is 1. The lowest BCUT2D eigenvalue weighted by Crippen LogP contribution is -2.20. The van der Waals surface area contributed by atoms with Gasteiger partial charge in [-0.15, -0.1) is 0 Å². The van der Waals surface area contributed by atoms with E-state index >= 15 is 0 Å². The highest BCUT2D eigenvalue weighted by Gasteiger charge is 2.40. The van der Waals surface area contributed by atoms with Crippen LogP contribution in [0.3, 0.4) is 0 Å². The van der Waals surface area contributed by atoms with Gasteiger partial charge in [-0.3, -0.25) is 10.1 Å². The Bertz CT molecular complexity index is 1290. The summed E-state index contributed by atoms with van der Waals surface area (Å²) in [5.74, 6) is 0.0956. The van der Waals surface area contributed by atoms with Gasteiger partial charge in [0.2, 0.25) is 0 Å². The fourth-order valence-corrected chi connectivity index (χ4v) is 4.25. The van der Waals surface area contributed by atoms with Crippen LogP contribution in [0.25, 0.3) is 15.9 Å². The Balaban J connectivity index is 1.48. The number of alkyl halides is 3. The number of hydrogen-bond donors (Lipinski definition) is 1. The van der Waals surface area contributed by atoms with E-state index in [1.807, 2.05) is 0 Å². The summed E-state index contributed by atoms with van der Waals surface area (Å²) in [5.41, 5.74) is -1.18. The van der Waals surface area contributed by atoms with Crippen molar-refractivity contribution in [2.45, 2.75) is 6.18 Å². The number of carbonyl (C=O) groups is 1. The number of benzene rings is 2. The van der Waals surface area contributed by atoms with Gasteiger partial charge in [-0.05, 0) is 24.3 Å². The van der Waals surface area contributed by atoms with E-state index in [-0.39, 0.29) is 10.8 Å². The first-order valence-corrected chi connectivity index (χ1v) is 10.4. The predicted octanol–water partition coefficient (Wildman–Crippen LogP) is 5.18. The number of hydrogen-bond acceptors (Lipinski definition) is 6. The van der Waals surface area contributed by atoms with Crippen LogP contribution in [0.15, 0.2) is 42.6 Å². The molecule has 1 amide bonds.